The first-order valence-electron chi connectivity index (χ1n) is 13.2. The maximum absolute atomic E-state index is 11.3. The summed E-state index contributed by atoms with van der Waals surface area (Å²) in [4.78, 5) is 0. The number of rotatable bonds is 4. The molecule has 0 saturated heterocycles. The molecule has 0 amide bonds. The van der Waals surface area contributed by atoms with Gasteiger partial charge >= 0.3 is 0 Å². The van der Waals surface area contributed by atoms with Crippen molar-refractivity contribution in [2.45, 2.75) is 106 Å². The first kappa shape index (κ1) is 23.6. The van der Waals surface area contributed by atoms with Crippen LogP contribution in [0.25, 0.3) is 0 Å². The van der Waals surface area contributed by atoms with Gasteiger partial charge in [-0.25, -0.2) is 0 Å². The van der Waals surface area contributed by atoms with Gasteiger partial charge in [-0.1, -0.05) is 64.8 Å². The Morgan fingerprint density at radius 3 is 2.39 bits per heavy atom. The van der Waals surface area contributed by atoms with Crippen LogP contribution in [0.1, 0.15) is 93.4 Å². The topological polar surface area (TPSA) is 40.5 Å². The zero-order chi connectivity index (χ0) is 22.7. The molecule has 3 fully saturated rings. The molecule has 4 rings (SSSR count). The van der Waals surface area contributed by atoms with E-state index in [1.54, 1.807) is 5.57 Å². The van der Waals surface area contributed by atoms with Crippen LogP contribution in [-0.2, 0) is 0 Å². The van der Waals surface area contributed by atoms with Crippen molar-refractivity contribution in [1.29, 1.82) is 0 Å². The number of hydrogen-bond donors (Lipinski definition) is 2. The van der Waals surface area contributed by atoms with Gasteiger partial charge in [0.15, 0.2) is 0 Å². The zero-order valence-electron chi connectivity index (χ0n) is 21.2. The summed E-state index contributed by atoms with van der Waals surface area (Å²) in [7, 11) is 0. The Labute approximate surface area is 191 Å². The fraction of sp³-hybridized carbons (Fsp3) is 0.862. The third-order valence-electron chi connectivity index (χ3n) is 11.1. The summed E-state index contributed by atoms with van der Waals surface area (Å²) in [6.07, 6.45) is 12.2. The van der Waals surface area contributed by atoms with Crippen LogP contribution in [0.5, 0.6) is 0 Å². The maximum atomic E-state index is 11.3. The van der Waals surface area contributed by atoms with E-state index in [9.17, 15) is 10.2 Å². The molecule has 0 aromatic carbocycles. The molecule has 2 N–H and O–H groups in total. The Balaban J connectivity index is 1.59. The van der Waals surface area contributed by atoms with Crippen molar-refractivity contribution >= 4 is 0 Å². The van der Waals surface area contributed by atoms with E-state index in [1.807, 2.05) is 0 Å². The van der Waals surface area contributed by atoms with Crippen LogP contribution in [0.4, 0.5) is 0 Å². The molecule has 0 unspecified atom stereocenters. The number of aliphatic hydroxyl groups is 2. The largest absolute Gasteiger partial charge is 0.393 e. The minimum absolute atomic E-state index is 0.192. The second-order valence-electron chi connectivity index (χ2n) is 12.8. The SMILES string of the molecule is C/C(=C\[C@@H](C)[C@H]1CC[C@H]2[C@@H]3[C@H](O)C=C4C[C@@H](O)CC[C@]4(C)[C@H]3CC[C@]12C)[C@H](C)C(C)C. The summed E-state index contributed by atoms with van der Waals surface area (Å²) >= 11 is 0. The van der Waals surface area contributed by atoms with Gasteiger partial charge in [0.05, 0.1) is 12.2 Å². The molecule has 2 nitrogen and oxygen atoms in total. The van der Waals surface area contributed by atoms with E-state index in [0.29, 0.717) is 40.9 Å². The van der Waals surface area contributed by atoms with E-state index in [-0.39, 0.29) is 17.6 Å². The van der Waals surface area contributed by atoms with Crippen LogP contribution in [-0.4, -0.2) is 22.4 Å². The van der Waals surface area contributed by atoms with Crippen molar-refractivity contribution in [3.63, 3.8) is 0 Å². The van der Waals surface area contributed by atoms with E-state index in [4.69, 9.17) is 0 Å². The summed E-state index contributed by atoms with van der Waals surface area (Å²) in [5, 5.41) is 21.6. The summed E-state index contributed by atoms with van der Waals surface area (Å²) in [5.41, 5.74) is 3.45. The number of aliphatic hydroxyl groups excluding tert-OH is 2. The molecule has 2 heteroatoms. The quantitative estimate of drug-likeness (QED) is 0.485. The monoisotopic (exact) mass is 428 g/mol. The molecule has 4 aliphatic rings. The summed E-state index contributed by atoms with van der Waals surface area (Å²) in [6.45, 7) is 16.8. The van der Waals surface area contributed by atoms with Gasteiger partial charge in [-0.05, 0) is 104 Å². The van der Waals surface area contributed by atoms with E-state index in [1.165, 1.54) is 31.3 Å². The van der Waals surface area contributed by atoms with Crippen LogP contribution in [0, 0.1) is 52.3 Å². The molecule has 31 heavy (non-hydrogen) atoms. The molecule has 0 aliphatic heterocycles. The van der Waals surface area contributed by atoms with Crippen molar-refractivity contribution in [2.75, 3.05) is 0 Å². The highest BCUT2D eigenvalue weighted by molar-refractivity contribution is 5.28. The highest BCUT2D eigenvalue weighted by Gasteiger charge is 2.61. The zero-order valence-corrected chi connectivity index (χ0v) is 21.2. The number of allylic oxidation sites excluding steroid dienone is 2. The van der Waals surface area contributed by atoms with Gasteiger partial charge < -0.3 is 10.2 Å². The molecule has 0 aromatic heterocycles. The molecule has 0 bridgehead atoms. The predicted octanol–water partition coefficient (Wildman–Crippen LogP) is 6.77. The third kappa shape index (κ3) is 3.78. The standard InChI is InChI=1S/C29H48O2/c1-17(2)20(5)18(3)14-19(4)23-8-9-24-27-25(11-13-29(23,24)7)28(6)12-10-22(30)15-21(28)16-26(27)31/h14,16-17,19-20,22-27,30-31H,8-13,15H2,1-7H3/b18-14+/t19-,20-,22+,23-,24+,25+,26-,27+,28+,29-/m1/s1. The van der Waals surface area contributed by atoms with Gasteiger partial charge in [-0.3, -0.25) is 0 Å². The maximum Gasteiger partial charge on any atom is 0.0757 e. The second kappa shape index (κ2) is 8.32. The van der Waals surface area contributed by atoms with E-state index in [2.05, 4.69) is 60.6 Å². The minimum Gasteiger partial charge on any atom is -0.393 e. The van der Waals surface area contributed by atoms with E-state index in [0.717, 1.165) is 25.2 Å². The molecule has 0 heterocycles. The molecule has 0 radical (unpaired) electrons. The van der Waals surface area contributed by atoms with Crippen LogP contribution in [0.3, 0.4) is 0 Å². The van der Waals surface area contributed by atoms with Gasteiger partial charge in [0.1, 0.15) is 0 Å². The Morgan fingerprint density at radius 2 is 1.71 bits per heavy atom. The van der Waals surface area contributed by atoms with Crippen LogP contribution >= 0.6 is 0 Å². The molecule has 10 atom stereocenters. The number of fused-ring (bicyclic) bond motifs is 5. The number of hydrogen-bond acceptors (Lipinski definition) is 2. The smallest absolute Gasteiger partial charge is 0.0757 e. The summed E-state index contributed by atoms with van der Waals surface area (Å²) in [5.74, 6) is 4.30. The van der Waals surface area contributed by atoms with Crippen molar-refractivity contribution in [3.8, 4) is 0 Å². The van der Waals surface area contributed by atoms with Crippen LogP contribution < -0.4 is 0 Å². The minimum atomic E-state index is -0.324. The van der Waals surface area contributed by atoms with Crippen LogP contribution in [0.2, 0.25) is 0 Å². The fourth-order valence-corrected chi connectivity index (χ4v) is 8.74. The van der Waals surface area contributed by atoms with Crippen LogP contribution in [0.15, 0.2) is 23.3 Å². The lowest BCUT2D eigenvalue weighted by atomic mass is 9.46. The summed E-state index contributed by atoms with van der Waals surface area (Å²) in [6, 6.07) is 0. The molecular formula is C29H48O2. The fourth-order valence-electron chi connectivity index (χ4n) is 8.74. The normalized spacial score (nSPS) is 47.3. The molecule has 176 valence electrons. The van der Waals surface area contributed by atoms with Crippen molar-refractivity contribution < 1.29 is 10.2 Å². The van der Waals surface area contributed by atoms with Crippen molar-refractivity contribution in [3.05, 3.63) is 23.3 Å². The second-order valence-corrected chi connectivity index (χ2v) is 12.8. The lowest BCUT2D eigenvalue weighted by Gasteiger charge is -2.59. The Morgan fingerprint density at radius 1 is 1.00 bits per heavy atom. The van der Waals surface area contributed by atoms with Gasteiger partial charge in [-0.15, -0.1) is 0 Å². The first-order chi connectivity index (χ1) is 14.5. The molecule has 0 spiro atoms. The summed E-state index contributed by atoms with van der Waals surface area (Å²) < 4.78 is 0. The molecule has 4 aliphatic carbocycles. The lowest BCUT2D eigenvalue weighted by molar-refractivity contribution is -0.0951. The Bertz CT molecular complexity index is 735. The van der Waals surface area contributed by atoms with E-state index >= 15 is 0 Å². The Kier molecular flexibility index (Phi) is 6.32. The average Bonchev–Trinajstić information content (AvgIpc) is 3.05. The highest BCUT2D eigenvalue weighted by atomic mass is 16.3. The molecular weight excluding hydrogens is 380 g/mol. The van der Waals surface area contributed by atoms with Gasteiger partial charge in [-0.2, -0.15) is 0 Å². The highest BCUT2D eigenvalue weighted by Crippen LogP contribution is 2.67. The lowest BCUT2D eigenvalue weighted by Crippen LogP contribution is -2.54. The molecule has 0 aromatic rings. The average molecular weight is 429 g/mol. The first-order valence-corrected chi connectivity index (χ1v) is 13.2. The van der Waals surface area contributed by atoms with E-state index < -0.39 is 0 Å². The van der Waals surface area contributed by atoms with Gasteiger partial charge in [0.25, 0.3) is 0 Å². The van der Waals surface area contributed by atoms with Gasteiger partial charge in [0, 0.05) is 0 Å². The van der Waals surface area contributed by atoms with Gasteiger partial charge in [0.2, 0.25) is 0 Å². The van der Waals surface area contributed by atoms with Crippen molar-refractivity contribution in [1.82, 2.24) is 0 Å². The third-order valence-corrected chi connectivity index (χ3v) is 11.1. The Hall–Kier alpha value is -0.600. The van der Waals surface area contributed by atoms with Crippen molar-refractivity contribution in [2.24, 2.45) is 52.3 Å². The molecule has 3 saturated carbocycles. The predicted molar refractivity (Wildman–Crippen MR) is 130 cm³/mol.